The molecule has 1 aromatic heterocycles. The Bertz CT molecular complexity index is 634. The summed E-state index contributed by atoms with van der Waals surface area (Å²) in [6.45, 7) is 0.174. The fourth-order valence-corrected chi connectivity index (χ4v) is 3.00. The Morgan fingerprint density at radius 1 is 1.21 bits per heavy atom. The average Bonchev–Trinajstić information content (AvgIpc) is 2.91. The molecule has 2 aromatic rings. The van der Waals surface area contributed by atoms with Crippen molar-refractivity contribution in [1.82, 2.24) is 4.31 Å². The van der Waals surface area contributed by atoms with E-state index in [-0.39, 0.29) is 11.4 Å². The van der Waals surface area contributed by atoms with Crippen LogP contribution in [0, 0.1) is 0 Å². The lowest BCUT2D eigenvalue weighted by Gasteiger charge is -2.17. The number of ether oxygens (including phenoxy) is 1. The first-order valence-electron chi connectivity index (χ1n) is 5.67. The number of benzene rings is 1. The van der Waals surface area contributed by atoms with E-state index in [0.717, 1.165) is 0 Å². The van der Waals surface area contributed by atoms with Crippen LogP contribution in [0.15, 0.2) is 52.0 Å². The Balaban J connectivity index is 2.31. The van der Waals surface area contributed by atoms with Gasteiger partial charge in [0.05, 0.1) is 19.9 Å². The first kappa shape index (κ1) is 13.6. The fourth-order valence-electron chi connectivity index (χ4n) is 1.71. The molecule has 1 heterocycles. The van der Waals surface area contributed by atoms with Gasteiger partial charge in [-0.3, -0.25) is 0 Å². The van der Waals surface area contributed by atoms with Crippen LogP contribution in [0.3, 0.4) is 0 Å². The van der Waals surface area contributed by atoms with Crippen molar-refractivity contribution in [2.75, 3.05) is 14.2 Å². The van der Waals surface area contributed by atoms with Gasteiger partial charge in [-0.05, 0) is 24.3 Å². The minimum absolute atomic E-state index is 0.145. The van der Waals surface area contributed by atoms with E-state index in [1.54, 1.807) is 30.3 Å². The maximum atomic E-state index is 12.4. The molecule has 102 valence electrons. The van der Waals surface area contributed by atoms with Gasteiger partial charge in [0, 0.05) is 7.05 Å². The number of furan rings is 1. The summed E-state index contributed by atoms with van der Waals surface area (Å²) < 4.78 is 36.4. The Morgan fingerprint density at radius 3 is 2.58 bits per heavy atom. The highest BCUT2D eigenvalue weighted by atomic mass is 32.2. The van der Waals surface area contributed by atoms with Gasteiger partial charge in [-0.25, -0.2) is 8.42 Å². The summed E-state index contributed by atoms with van der Waals surface area (Å²) in [5.41, 5.74) is 0. The van der Waals surface area contributed by atoms with Gasteiger partial charge in [0.15, 0.2) is 0 Å². The predicted octanol–water partition coefficient (Wildman–Crippen LogP) is 2.11. The van der Waals surface area contributed by atoms with Gasteiger partial charge < -0.3 is 9.15 Å². The number of hydrogen-bond acceptors (Lipinski definition) is 4. The van der Waals surface area contributed by atoms with Crippen LogP contribution in [0.1, 0.15) is 5.76 Å². The first-order valence-corrected chi connectivity index (χ1v) is 7.11. The highest BCUT2D eigenvalue weighted by molar-refractivity contribution is 7.89. The van der Waals surface area contributed by atoms with Gasteiger partial charge in [0.1, 0.15) is 16.4 Å². The lowest BCUT2D eigenvalue weighted by molar-refractivity contribution is 0.388. The molecule has 0 aliphatic rings. The van der Waals surface area contributed by atoms with E-state index in [1.807, 2.05) is 0 Å². The first-order chi connectivity index (χ1) is 9.05. The number of para-hydroxylation sites is 1. The summed E-state index contributed by atoms with van der Waals surface area (Å²) in [5, 5.41) is 0. The minimum Gasteiger partial charge on any atom is -0.495 e. The van der Waals surface area contributed by atoms with Gasteiger partial charge in [-0.2, -0.15) is 4.31 Å². The van der Waals surface area contributed by atoms with Crippen molar-refractivity contribution in [2.45, 2.75) is 11.4 Å². The van der Waals surface area contributed by atoms with Crippen LogP contribution in [0.25, 0.3) is 0 Å². The maximum absolute atomic E-state index is 12.4. The van der Waals surface area contributed by atoms with Crippen LogP contribution >= 0.6 is 0 Å². The van der Waals surface area contributed by atoms with E-state index in [1.165, 1.54) is 30.8 Å². The molecule has 6 heteroatoms. The third-order valence-electron chi connectivity index (χ3n) is 2.72. The molecule has 0 unspecified atom stereocenters. The molecule has 2 rings (SSSR count). The van der Waals surface area contributed by atoms with Crippen molar-refractivity contribution < 1.29 is 17.6 Å². The molecular weight excluding hydrogens is 266 g/mol. The molecule has 0 aliphatic carbocycles. The molecule has 5 nitrogen and oxygen atoms in total. The molecule has 0 saturated carbocycles. The monoisotopic (exact) mass is 281 g/mol. The van der Waals surface area contributed by atoms with Crippen LogP contribution in [0.4, 0.5) is 0 Å². The van der Waals surface area contributed by atoms with Gasteiger partial charge in [-0.1, -0.05) is 12.1 Å². The van der Waals surface area contributed by atoms with E-state index < -0.39 is 10.0 Å². The van der Waals surface area contributed by atoms with E-state index in [4.69, 9.17) is 9.15 Å². The third-order valence-corrected chi connectivity index (χ3v) is 4.56. The summed E-state index contributed by atoms with van der Waals surface area (Å²) in [5.74, 6) is 0.912. The van der Waals surface area contributed by atoms with Gasteiger partial charge >= 0.3 is 0 Å². The highest BCUT2D eigenvalue weighted by Crippen LogP contribution is 2.26. The zero-order chi connectivity index (χ0) is 13.9. The summed E-state index contributed by atoms with van der Waals surface area (Å²) in [4.78, 5) is 0.145. The van der Waals surface area contributed by atoms with E-state index in [2.05, 4.69) is 0 Å². The molecule has 0 fully saturated rings. The molecule has 0 spiro atoms. The second-order valence-electron chi connectivity index (χ2n) is 3.99. The normalized spacial score (nSPS) is 11.7. The predicted molar refractivity (Wildman–Crippen MR) is 70.4 cm³/mol. The second-order valence-corrected chi connectivity index (χ2v) is 6.00. The quantitative estimate of drug-likeness (QED) is 0.842. The second kappa shape index (κ2) is 5.46. The number of methoxy groups -OCH3 is 1. The third kappa shape index (κ3) is 2.80. The molecule has 0 radical (unpaired) electrons. The average molecular weight is 281 g/mol. The van der Waals surface area contributed by atoms with E-state index in [0.29, 0.717) is 11.5 Å². The van der Waals surface area contributed by atoms with Gasteiger partial charge in [-0.15, -0.1) is 0 Å². The van der Waals surface area contributed by atoms with Crippen molar-refractivity contribution in [3.63, 3.8) is 0 Å². The zero-order valence-corrected chi connectivity index (χ0v) is 11.6. The molecular formula is C13H15NO4S. The Labute approximate surface area is 112 Å². The lowest BCUT2D eigenvalue weighted by atomic mass is 10.3. The Hall–Kier alpha value is -1.79. The molecule has 0 bridgehead atoms. The standard InChI is InChI=1S/C13H15NO4S/c1-14(10-11-6-5-9-18-11)19(15,16)13-8-4-3-7-12(13)17-2/h3-9H,10H2,1-2H3. The molecule has 0 atom stereocenters. The van der Waals surface area contributed by atoms with Crippen LogP contribution in [0.5, 0.6) is 5.75 Å². The summed E-state index contributed by atoms with van der Waals surface area (Å²) in [6.07, 6.45) is 1.51. The molecule has 0 amide bonds. The van der Waals surface area contributed by atoms with E-state index in [9.17, 15) is 8.42 Å². The van der Waals surface area contributed by atoms with Crippen molar-refractivity contribution in [1.29, 1.82) is 0 Å². The smallest absolute Gasteiger partial charge is 0.246 e. The van der Waals surface area contributed by atoms with Gasteiger partial charge in [0.25, 0.3) is 0 Å². The lowest BCUT2D eigenvalue weighted by Crippen LogP contribution is -2.26. The molecule has 0 aliphatic heterocycles. The largest absolute Gasteiger partial charge is 0.495 e. The number of sulfonamides is 1. The minimum atomic E-state index is -3.61. The Morgan fingerprint density at radius 2 is 1.95 bits per heavy atom. The van der Waals surface area contributed by atoms with Crippen molar-refractivity contribution in [2.24, 2.45) is 0 Å². The number of rotatable bonds is 5. The fraction of sp³-hybridized carbons (Fsp3) is 0.231. The molecule has 0 N–H and O–H groups in total. The molecule has 1 aromatic carbocycles. The summed E-state index contributed by atoms with van der Waals surface area (Å²) in [7, 11) is -0.660. The van der Waals surface area contributed by atoms with Gasteiger partial charge in [0.2, 0.25) is 10.0 Å². The number of nitrogens with zero attached hydrogens (tertiary/aromatic N) is 1. The van der Waals surface area contributed by atoms with Crippen LogP contribution in [0.2, 0.25) is 0 Å². The van der Waals surface area contributed by atoms with Crippen molar-refractivity contribution in [3.05, 3.63) is 48.4 Å². The van der Waals surface area contributed by atoms with Crippen molar-refractivity contribution in [3.8, 4) is 5.75 Å². The summed E-state index contributed by atoms with van der Waals surface area (Å²) >= 11 is 0. The maximum Gasteiger partial charge on any atom is 0.246 e. The number of hydrogen-bond donors (Lipinski definition) is 0. The SMILES string of the molecule is COc1ccccc1S(=O)(=O)N(C)Cc1ccco1. The molecule has 19 heavy (non-hydrogen) atoms. The zero-order valence-electron chi connectivity index (χ0n) is 10.7. The summed E-state index contributed by atoms with van der Waals surface area (Å²) in [6, 6.07) is 9.98. The van der Waals surface area contributed by atoms with Crippen LogP contribution < -0.4 is 4.74 Å². The van der Waals surface area contributed by atoms with Crippen LogP contribution in [-0.2, 0) is 16.6 Å². The topological polar surface area (TPSA) is 59.8 Å². The van der Waals surface area contributed by atoms with Crippen LogP contribution in [-0.4, -0.2) is 26.9 Å². The highest BCUT2D eigenvalue weighted by Gasteiger charge is 2.25. The van der Waals surface area contributed by atoms with Crippen molar-refractivity contribution >= 4 is 10.0 Å². The Kier molecular flexibility index (Phi) is 3.92. The van der Waals surface area contributed by atoms with E-state index >= 15 is 0 Å². The molecule has 0 saturated heterocycles.